The number of rotatable bonds is 3. The first-order valence-electron chi connectivity index (χ1n) is 10.2. The van der Waals surface area contributed by atoms with Gasteiger partial charge in [0.05, 0.1) is 11.4 Å². The number of nitrogen functional groups attached to an aromatic ring is 1. The third-order valence-corrected chi connectivity index (χ3v) is 5.63. The van der Waals surface area contributed by atoms with E-state index in [9.17, 15) is 4.79 Å². The minimum Gasteiger partial charge on any atom is -0.397 e. The van der Waals surface area contributed by atoms with Gasteiger partial charge in [-0.1, -0.05) is 39.8 Å². The molecule has 1 atom stereocenters. The second kappa shape index (κ2) is 7.86. The van der Waals surface area contributed by atoms with Crippen LogP contribution in [-0.4, -0.2) is 19.0 Å². The van der Waals surface area contributed by atoms with Gasteiger partial charge in [-0.3, -0.25) is 4.79 Å². The normalized spacial score (nSPS) is 17.5. The summed E-state index contributed by atoms with van der Waals surface area (Å²) in [4.78, 5) is 15.2. The van der Waals surface area contributed by atoms with Crippen molar-refractivity contribution in [2.45, 2.75) is 52.9 Å². The number of nitrogens with zero attached hydrogens (tertiary/aromatic N) is 1. The summed E-state index contributed by atoms with van der Waals surface area (Å²) < 4.78 is 0. The molecule has 1 aliphatic rings. The van der Waals surface area contributed by atoms with Crippen LogP contribution < -0.4 is 16.0 Å². The van der Waals surface area contributed by atoms with E-state index in [1.807, 2.05) is 36.4 Å². The molecule has 1 unspecified atom stereocenters. The molecule has 3 rings (SSSR count). The third kappa shape index (κ3) is 4.49. The quantitative estimate of drug-likeness (QED) is 0.706. The maximum Gasteiger partial charge on any atom is 0.255 e. The van der Waals surface area contributed by atoms with E-state index in [-0.39, 0.29) is 11.3 Å². The molecule has 4 nitrogen and oxygen atoms in total. The van der Waals surface area contributed by atoms with Crippen LogP contribution in [0.1, 0.15) is 62.0 Å². The fourth-order valence-electron chi connectivity index (χ4n) is 3.89. The smallest absolute Gasteiger partial charge is 0.255 e. The van der Waals surface area contributed by atoms with Crippen LogP contribution in [0.5, 0.6) is 0 Å². The largest absolute Gasteiger partial charge is 0.397 e. The van der Waals surface area contributed by atoms with E-state index in [0.717, 1.165) is 18.7 Å². The van der Waals surface area contributed by atoms with Gasteiger partial charge in [0.15, 0.2) is 0 Å². The molecule has 0 spiro atoms. The van der Waals surface area contributed by atoms with Crippen LogP contribution in [0.2, 0.25) is 0 Å². The number of amides is 1. The predicted octanol–water partition coefficient (Wildman–Crippen LogP) is 5.36. The number of nitrogens with two attached hydrogens (primary N) is 1. The zero-order valence-corrected chi connectivity index (χ0v) is 17.8. The van der Waals surface area contributed by atoms with Crippen LogP contribution in [0, 0.1) is 12.8 Å². The van der Waals surface area contributed by atoms with Gasteiger partial charge in [0.1, 0.15) is 0 Å². The van der Waals surface area contributed by atoms with Gasteiger partial charge >= 0.3 is 0 Å². The molecule has 1 saturated heterocycles. The second-order valence-electron chi connectivity index (χ2n) is 9.20. The number of aryl methyl sites for hydroxylation is 1. The van der Waals surface area contributed by atoms with Crippen LogP contribution in [0.25, 0.3) is 0 Å². The Balaban J connectivity index is 1.81. The Morgan fingerprint density at radius 3 is 2.46 bits per heavy atom. The summed E-state index contributed by atoms with van der Waals surface area (Å²) in [5.41, 5.74) is 11.7. The van der Waals surface area contributed by atoms with Crippen LogP contribution in [-0.2, 0) is 5.41 Å². The average Bonchev–Trinajstić information content (AvgIpc) is 2.63. The molecular weight excluding hydrogens is 346 g/mol. The molecule has 150 valence electrons. The number of piperidine rings is 1. The standard InChI is InChI=1S/C24H33N3O/c1-16-7-6-12-27(15-16)22-14-21(20(25)13-17(22)2)26-23(28)18-8-10-19(11-9-18)24(3,4)5/h8-11,13-14,16H,6-7,12,15,25H2,1-5H3,(H,26,28). The van der Waals surface area contributed by atoms with Crippen LogP contribution >= 0.6 is 0 Å². The van der Waals surface area contributed by atoms with Crippen molar-refractivity contribution < 1.29 is 4.79 Å². The summed E-state index contributed by atoms with van der Waals surface area (Å²) in [6, 6.07) is 11.8. The number of nitrogens with one attached hydrogen (secondary N) is 1. The third-order valence-electron chi connectivity index (χ3n) is 5.63. The highest BCUT2D eigenvalue weighted by molar-refractivity contribution is 6.06. The Bertz CT molecular complexity index is 849. The van der Waals surface area contributed by atoms with E-state index in [1.54, 1.807) is 0 Å². The molecule has 0 aliphatic carbocycles. The van der Waals surface area contributed by atoms with Crippen molar-refractivity contribution in [3.05, 3.63) is 53.1 Å². The highest BCUT2D eigenvalue weighted by atomic mass is 16.1. The zero-order valence-electron chi connectivity index (χ0n) is 17.8. The molecule has 0 bridgehead atoms. The van der Waals surface area contributed by atoms with Crippen LogP contribution in [0.4, 0.5) is 17.1 Å². The molecule has 2 aromatic rings. The lowest BCUT2D eigenvalue weighted by Gasteiger charge is -2.34. The fourth-order valence-corrected chi connectivity index (χ4v) is 3.89. The molecule has 4 heteroatoms. The first-order valence-corrected chi connectivity index (χ1v) is 10.2. The molecule has 0 saturated carbocycles. The minimum atomic E-state index is -0.131. The summed E-state index contributed by atoms with van der Waals surface area (Å²) >= 11 is 0. The van der Waals surface area contributed by atoms with E-state index in [2.05, 4.69) is 44.8 Å². The molecule has 3 N–H and O–H groups in total. The van der Waals surface area contributed by atoms with Gasteiger partial charge in [-0.15, -0.1) is 0 Å². The SMILES string of the molecule is Cc1cc(N)c(NC(=O)c2ccc(C(C)(C)C)cc2)cc1N1CCCC(C)C1. The van der Waals surface area contributed by atoms with Gasteiger partial charge in [-0.2, -0.15) is 0 Å². The first-order chi connectivity index (χ1) is 13.1. The summed E-state index contributed by atoms with van der Waals surface area (Å²) in [5, 5.41) is 3.01. The lowest BCUT2D eigenvalue weighted by molar-refractivity contribution is 0.102. The Hall–Kier alpha value is -2.49. The Labute approximate surface area is 169 Å². The average molecular weight is 380 g/mol. The van der Waals surface area contributed by atoms with Crippen molar-refractivity contribution in [3.8, 4) is 0 Å². The maximum atomic E-state index is 12.8. The van der Waals surface area contributed by atoms with Crippen molar-refractivity contribution in [2.75, 3.05) is 29.0 Å². The summed E-state index contributed by atoms with van der Waals surface area (Å²) in [6.07, 6.45) is 2.48. The number of anilines is 3. The lowest BCUT2D eigenvalue weighted by atomic mass is 9.87. The predicted molar refractivity (Wildman–Crippen MR) is 119 cm³/mol. The molecule has 28 heavy (non-hydrogen) atoms. The fraction of sp³-hybridized carbons (Fsp3) is 0.458. The zero-order chi connectivity index (χ0) is 20.5. The number of carbonyl (C=O) groups is 1. The number of carbonyl (C=O) groups excluding carboxylic acids is 1. The Kier molecular flexibility index (Phi) is 5.69. The minimum absolute atomic E-state index is 0.0663. The number of hydrogen-bond acceptors (Lipinski definition) is 3. The molecule has 1 heterocycles. The number of hydrogen-bond donors (Lipinski definition) is 2. The van der Waals surface area contributed by atoms with Crippen LogP contribution in [0.15, 0.2) is 36.4 Å². The van der Waals surface area contributed by atoms with Crippen molar-refractivity contribution in [1.82, 2.24) is 0 Å². The molecule has 0 aromatic heterocycles. The Morgan fingerprint density at radius 2 is 1.86 bits per heavy atom. The topological polar surface area (TPSA) is 58.4 Å². The highest BCUT2D eigenvalue weighted by Crippen LogP contribution is 2.32. The van der Waals surface area contributed by atoms with Crippen LogP contribution in [0.3, 0.4) is 0 Å². The monoisotopic (exact) mass is 379 g/mol. The van der Waals surface area contributed by atoms with E-state index in [1.165, 1.54) is 24.1 Å². The first kappa shape index (κ1) is 20.2. The molecule has 0 radical (unpaired) electrons. The Morgan fingerprint density at radius 1 is 1.18 bits per heavy atom. The molecule has 1 fully saturated rings. The van der Waals surface area contributed by atoms with Gasteiger partial charge in [0.25, 0.3) is 5.91 Å². The van der Waals surface area contributed by atoms with Gasteiger partial charge in [0.2, 0.25) is 0 Å². The summed E-state index contributed by atoms with van der Waals surface area (Å²) in [5.74, 6) is 0.555. The molecule has 2 aromatic carbocycles. The van der Waals surface area contributed by atoms with Gasteiger partial charge in [0, 0.05) is 24.3 Å². The van der Waals surface area contributed by atoms with E-state index < -0.39 is 0 Å². The molecule has 1 aliphatic heterocycles. The van der Waals surface area contributed by atoms with E-state index in [4.69, 9.17) is 5.73 Å². The van der Waals surface area contributed by atoms with Gasteiger partial charge < -0.3 is 16.0 Å². The van der Waals surface area contributed by atoms with Crippen molar-refractivity contribution in [2.24, 2.45) is 5.92 Å². The van der Waals surface area contributed by atoms with E-state index >= 15 is 0 Å². The van der Waals surface area contributed by atoms with Crippen molar-refractivity contribution >= 4 is 23.0 Å². The second-order valence-corrected chi connectivity index (χ2v) is 9.20. The number of benzene rings is 2. The summed E-state index contributed by atoms with van der Waals surface area (Å²) in [7, 11) is 0. The van der Waals surface area contributed by atoms with Crippen molar-refractivity contribution in [3.63, 3.8) is 0 Å². The van der Waals surface area contributed by atoms with Gasteiger partial charge in [-0.25, -0.2) is 0 Å². The van der Waals surface area contributed by atoms with Gasteiger partial charge in [-0.05, 0) is 66.5 Å². The molecule has 1 amide bonds. The summed E-state index contributed by atoms with van der Waals surface area (Å²) in [6.45, 7) is 13.0. The van der Waals surface area contributed by atoms with E-state index in [0.29, 0.717) is 22.9 Å². The van der Waals surface area contributed by atoms with Crippen molar-refractivity contribution in [1.29, 1.82) is 0 Å². The molecular formula is C24H33N3O. The lowest BCUT2D eigenvalue weighted by Crippen LogP contribution is -2.34. The highest BCUT2D eigenvalue weighted by Gasteiger charge is 2.20. The maximum absolute atomic E-state index is 12.8.